The number of rotatable bonds is 7. The van der Waals surface area contributed by atoms with Gasteiger partial charge in [-0.3, -0.25) is 4.79 Å². The van der Waals surface area contributed by atoms with Crippen molar-refractivity contribution in [3.8, 4) is 5.75 Å². The Labute approximate surface area is 186 Å². The number of carboxylic acids is 1. The highest BCUT2D eigenvalue weighted by Crippen LogP contribution is 2.42. The fourth-order valence-electron chi connectivity index (χ4n) is 3.71. The van der Waals surface area contributed by atoms with Gasteiger partial charge < -0.3 is 9.84 Å². The fraction of sp³-hybridized carbons (Fsp3) is 0.381. The molecule has 0 bridgehead atoms. The lowest BCUT2D eigenvalue weighted by Crippen LogP contribution is -2.49. The SMILES string of the molecule is CCS[C@@H]1C[C@@H](c2ccc(OC)cc2)N(S(=O)(=O)c2ccc(Cl)cc2)C[C@H]1C(=O)O. The lowest BCUT2D eigenvalue weighted by molar-refractivity contribution is -0.143. The molecular formula is C21H24ClNO5S2. The van der Waals surface area contributed by atoms with Crippen LogP contribution in [0.5, 0.6) is 5.75 Å². The van der Waals surface area contributed by atoms with E-state index in [-0.39, 0.29) is 16.7 Å². The summed E-state index contributed by atoms with van der Waals surface area (Å²) in [6.45, 7) is 1.89. The first kappa shape index (κ1) is 22.9. The maximum atomic E-state index is 13.5. The monoisotopic (exact) mass is 469 g/mol. The minimum atomic E-state index is -3.93. The zero-order valence-corrected chi connectivity index (χ0v) is 19.1. The number of nitrogens with zero attached hydrogens (tertiary/aromatic N) is 1. The first-order valence-electron chi connectivity index (χ1n) is 9.53. The highest BCUT2D eigenvalue weighted by Gasteiger charge is 2.45. The standard InChI is InChI=1S/C21H24ClNO5S2/c1-3-29-20-12-19(14-4-8-16(28-2)9-5-14)23(13-18(20)21(24)25)30(26,27)17-10-6-15(22)7-11-17/h4-11,18-20H,3,12-13H2,1-2H3,(H,24,25)/t18-,19+,20-/m1/s1. The van der Waals surface area contributed by atoms with E-state index in [4.69, 9.17) is 16.3 Å². The number of piperidine rings is 1. The highest BCUT2D eigenvalue weighted by molar-refractivity contribution is 7.99. The van der Waals surface area contributed by atoms with Crippen LogP contribution in [0, 0.1) is 5.92 Å². The Morgan fingerprint density at radius 3 is 2.37 bits per heavy atom. The van der Waals surface area contributed by atoms with E-state index in [1.165, 1.54) is 28.6 Å². The van der Waals surface area contributed by atoms with Crippen LogP contribution in [0.1, 0.15) is 24.9 Å². The molecule has 3 rings (SSSR count). The number of methoxy groups -OCH3 is 1. The Morgan fingerprint density at radius 2 is 1.83 bits per heavy atom. The molecule has 2 aromatic rings. The van der Waals surface area contributed by atoms with Crippen molar-refractivity contribution in [2.24, 2.45) is 5.92 Å². The predicted octanol–water partition coefficient (Wildman–Crippen LogP) is 4.31. The van der Waals surface area contributed by atoms with Crippen LogP contribution in [0.15, 0.2) is 53.4 Å². The number of ether oxygens (including phenoxy) is 1. The molecule has 1 fully saturated rings. The summed E-state index contributed by atoms with van der Waals surface area (Å²) < 4.78 is 33.5. The summed E-state index contributed by atoms with van der Waals surface area (Å²) in [5.74, 6) is -0.338. The molecule has 1 heterocycles. The third-order valence-electron chi connectivity index (χ3n) is 5.25. The maximum absolute atomic E-state index is 13.5. The number of carbonyl (C=O) groups is 1. The van der Waals surface area contributed by atoms with Crippen LogP contribution < -0.4 is 4.74 Å². The summed E-state index contributed by atoms with van der Waals surface area (Å²) in [5.41, 5.74) is 0.805. The molecule has 0 aliphatic carbocycles. The van der Waals surface area contributed by atoms with E-state index in [1.54, 1.807) is 31.0 Å². The van der Waals surface area contributed by atoms with Crippen molar-refractivity contribution in [2.45, 2.75) is 29.5 Å². The molecule has 9 heteroatoms. The molecule has 1 aliphatic heterocycles. The molecule has 1 saturated heterocycles. The van der Waals surface area contributed by atoms with Crippen molar-refractivity contribution >= 4 is 39.4 Å². The Hall–Kier alpha value is -1.74. The quantitative estimate of drug-likeness (QED) is 0.650. The predicted molar refractivity (Wildman–Crippen MR) is 119 cm³/mol. The average Bonchev–Trinajstić information content (AvgIpc) is 2.73. The van der Waals surface area contributed by atoms with Crippen LogP contribution in [0.2, 0.25) is 5.02 Å². The number of thioether (sulfide) groups is 1. The van der Waals surface area contributed by atoms with Gasteiger partial charge in [-0.1, -0.05) is 30.7 Å². The van der Waals surface area contributed by atoms with E-state index >= 15 is 0 Å². The average molecular weight is 470 g/mol. The minimum Gasteiger partial charge on any atom is -0.497 e. The van der Waals surface area contributed by atoms with Gasteiger partial charge in [-0.25, -0.2) is 8.42 Å². The molecule has 0 amide bonds. The summed E-state index contributed by atoms with van der Waals surface area (Å²) in [6, 6.07) is 12.7. The van der Waals surface area contributed by atoms with E-state index in [0.29, 0.717) is 17.2 Å². The molecule has 2 aromatic carbocycles. The second-order valence-electron chi connectivity index (χ2n) is 6.99. The van der Waals surface area contributed by atoms with Crippen molar-refractivity contribution in [1.29, 1.82) is 0 Å². The molecule has 1 aliphatic rings. The zero-order chi connectivity index (χ0) is 21.9. The van der Waals surface area contributed by atoms with E-state index < -0.39 is 28.0 Å². The lowest BCUT2D eigenvalue weighted by atomic mass is 9.90. The normalized spacial score (nSPS) is 22.6. The van der Waals surface area contributed by atoms with Crippen LogP contribution in [0.3, 0.4) is 0 Å². The number of hydrogen-bond acceptors (Lipinski definition) is 5. The van der Waals surface area contributed by atoms with E-state index in [1.807, 2.05) is 19.1 Å². The van der Waals surface area contributed by atoms with Crippen LogP contribution >= 0.6 is 23.4 Å². The smallest absolute Gasteiger partial charge is 0.308 e. The Kier molecular flexibility index (Phi) is 7.34. The van der Waals surface area contributed by atoms with Crippen molar-refractivity contribution < 1.29 is 23.1 Å². The van der Waals surface area contributed by atoms with Gasteiger partial charge in [0, 0.05) is 16.8 Å². The summed E-state index contributed by atoms with van der Waals surface area (Å²) in [7, 11) is -2.36. The third-order valence-corrected chi connectivity index (χ3v) is 8.67. The summed E-state index contributed by atoms with van der Waals surface area (Å²) >= 11 is 7.48. The van der Waals surface area contributed by atoms with Gasteiger partial charge in [-0.15, -0.1) is 0 Å². The number of aliphatic carboxylic acids is 1. The Morgan fingerprint density at radius 1 is 1.20 bits per heavy atom. The number of benzene rings is 2. The maximum Gasteiger partial charge on any atom is 0.308 e. The minimum absolute atomic E-state index is 0.0886. The van der Waals surface area contributed by atoms with E-state index in [2.05, 4.69) is 0 Å². The molecule has 0 aromatic heterocycles. The highest BCUT2D eigenvalue weighted by atomic mass is 35.5. The fourth-order valence-corrected chi connectivity index (χ4v) is 6.67. The number of hydrogen-bond donors (Lipinski definition) is 1. The van der Waals surface area contributed by atoms with Gasteiger partial charge in [-0.2, -0.15) is 16.1 Å². The molecular weight excluding hydrogens is 446 g/mol. The molecule has 0 saturated carbocycles. The molecule has 3 atom stereocenters. The first-order chi connectivity index (χ1) is 14.3. The molecule has 162 valence electrons. The number of carboxylic acid groups (broad SMARTS) is 1. The van der Waals surface area contributed by atoms with Gasteiger partial charge in [-0.05, 0) is 54.1 Å². The summed E-state index contributed by atoms with van der Waals surface area (Å²) in [4.78, 5) is 12.0. The lowest BCUT2D eigenvalue weighted by Gasteiger charge is -2.41. The molecule has 0 radical (unpaired) electrons. The van der Waals surface area contributed by atoms with Gasteiger partial charge in [0.15, 0.2) is 0 Å². The third kappa shape index (κ3) is 4.77. The largest absolute Gasteiger partial charge is 0.497 e. The van der Waals surface area contributed by atoms with Crippen molar-refractivity contribution in [1.82, 2.24) is 4.31 Å². The Bertz CT molecular complexity index is 979. The van der Waals surface area contributed by atoms with Crippen molar-refractivity contribution in [2.75, 3.05) is 19.4 Å². The van der Waals surface area contributed by atoms with Gasteiger partial charge in [0.1, 0.15) is 5.75 Å². The molecule has 0 unspecified atom stereocenters. The van der Waals surface area contributed by atoms with Gasteiger partial charge >= 0.3 is 5.97 Å². The van der Waals surface area contributed by atoms with Gasteiger partial charge in [0.2, 0.25) is 10.0 Å². The van der Waals surface area contributed by atoms with Crippen LogP contribution in [0.25, 0.3) is 0 Å². The zero-order valence-electron chi connectivity index (χ0n) is 16.7. The second kappa shape index (κ2) is 9.60. The molecule has 6 nitrogen and oxygen atoms in total. The van der Waals surface area contributed by atoms with Crippen molar-refractivity contribution in [3.63, 3.8) is 0 Å². The molecule has 30 heavy (non-hydrogen) atoms. The van der Waals surface area contributed by atoms with Crippen LogP contribution in [-0.4, -0.2) is 48.5 Å². The second-order valence-corrected chi connectivity index (χ2v) is 10.8. The van der Waals surface area contributed by atoms with E-state index in [9.17, 15) is 18.3 Å². The topological polar surface area (TPSA) is 83.9 Å². The van der Waals surface area contributed by atoms with E-state index in [0.717, 1.165) is 11.3 Å². The van der Waals surface area contributed by atoms with Crippen molar-refractivity contribution in [3.05, 3.63) is 59.1 Å². The molecule has 1 N–H and O–H groups in total. The first-order valence-corrected chi connectivity index (χ1v) is 12.4. The summed E-state index contributed by atoms with van der Waals surface area (Å²) in [6.07, 6.45) is 0.411. The Balaban J connectivity index is 2.06. The van der Waals surface area contributed by atoms with Gasteiger partial charge in [0.25, 0.3) is 0 Å². The number of halogens is 1. The summed E-state index contributed by atoms with van der Waals surface area (Å²) in [5, 5.41) is 10.0. The number of sulfonamides is 1. The molecule has 0 spiro atoms. The van der Waals surface area contributed by atoms with Crippen LogP contribution in [-0.2, 0) is 14.8 Å². The van der Waals surface area contributed by atoms with Crippen LogP contribution in [0.4, 0.5) is 0 Å². The van der Waals surface area contributed by atoms with Gasteiger partial charge in [0.05, 0.1) is 24.0 Å².